The Balaban J connectivity index is 1.50. The zero-order valence-electron chi connectivity index (χ0n) is 14.5. The second-order valence-electron chi connectivity index (χ2n) is 6.65. The molecule has 1 unspecified atom stereocenters. The number of hydrogen-bond donors (Lipinski definition) is 1. The fourth-order valence-corrected chi connectivity index (χ4v) is 3.44. The van der Waals surface area contributed by atoms with Gasteiger partial charge in [-0.2, -0.15) is 17.7 Å². The number of fused-ring (bicyclic) bond motifs is 1. The van der Waals surface area contributed by atoms with E-state index in [2.05, 4.69) is 20.3 Å². The third kappa shape index (κ3) is 3.22. The highest BCUT2D eigenvalue weighted by Crippen LogP contribution is 2.32. The molecule has 0 saturated carbocycles. The van der Waals surface area contributed by atoms with Gasteiger partial charge in [0, 0.05) is 32.5 Å². The molecule has 1 atom stereocenters. The van der Waals surface area contributed by atoms with E-state index in [-0.39, 0.29) is 11.6 Å². The number of aryl methyl sites for hydroxylation is 1. The van der Waals surface area contributed by atoms with Gasteiger partial charge in [-0.1, -0.05) is 0 Å². The van der Waals surface area contributed by atoms with Crippen LogP contribution in [0.1, 0.15) is 30.6 Å². The number of aliphatic hydroxyl groups is 1. The summed E-state index contributed by atoms with van der Waals surface area (Å²) in [5, 5.41) is 21.3. The van der Waals surface area contributed by atoms with Crippen molar-refractivity contribution in [1.29, 1.82) is 0 Å². The van der Waals surface area contributed by atoms with Crippen molar-refractivity contribution >= 4 is 11.5 Å². The highest BCUT2D eigenvalue weighted by Gasteiger charge is 2.38. The Morgan fingerprint density at radius 3 is 2.56 bits per heavy atom. The summed E-state index contributed by atoms with van der Waals surface area (Å²) in [6.07, 6.45) is -0.500. The maximum Gasteiger partial charge on any atom is 0.453 e. The molecule has 3 aromatic rings. The van der Waals surface area contributed by atoms with E-state index in [9.17, 15) is 18.3 Å². The normalized spacial score (nSPS) is 17.6. The van der Waals surface area contributed by atoms with Crippen LogP contribution in [0.5, 0.6) is 0 Å². The minimum Gasteiger partial charge on any atom is -0.385 e. The van der Waals surface area contributed by atoms with E-state index in [0.29, 0.717) is 37.6 Å². The summed E-state index contributed by atoms with van der Waals surface area (Å²) < 4.78 is 41.6. The van der Waals surface area contributed by atoms with E-state index in [1.165, 1.54) is 6.07 Å². The summed E-state index contributed by atoms with van der Waals surface area (Å²) >= 11 is 0. The van der Waals surface area contributed by atoms with E-state index < -0.39 is 18.1 Å². The van der Waals surface area contributed by atoms with Gasteiger partial charge in [-0.25, -0.2) is 4.98 Å². The van der Waals surface area contributed by atoms with Crippen molar-refractivity contribution < 1.29 is 18.3 Å². The second kappa shape index (κ2) is 6.48. The smallest absolute Gasteiger partial charge is 0.385 e. The van der Waals surface area contributed by atoms with Gasteiger partial charge in [0.25, 0.3) is 5.82 Å². The van der Waals surface area contributed by atoms with Crippen molar-refractivity contribution in [3.05, 3.63) is 36.2 Å². The Hall–Kier alpha value is -2.69. The van der Waals surface area contributed by atoms with Crippen LogP contribution in [0.3, 0.4) is 0 Å². The number of aliphatic hydroxyl groups excluding tert-OH is 1. The number of hydrogen-bond acceptors (Lipinski definition) is 6. The van der Waals surface area contributed by atoms with Crippen molar-refractivity contribution in [1.82, 2.24) is 29.4 Å². The summed E-state index contributed by atoms with van der Waals surface area (Å²) in [7, 11) is 1.83. The molecular weight excluding hydrogens is 363 g/mol. The topological polar surface area (TPSA) is 84.4 Å². The Labute approximate surface area is 152 Å². The lowest BCUT2D eigenvalue weighted by Gasteiger charge is -2.34. The number of anilines is 1. The van der Waals surface area contributed by atoms with Gasteiger partial charge in [0.1, 0.15) is 17.7 Å². The van der Waals surface area contributed by atoms with Gasteiger partial charge in [-0.05, 0) is 30.9 Å². The van der Waals surface area contributed by atoms with Crippen LogP contribution in [0.2, 0.25) is 0 Å². The molecule has 0 radical (unpaired) electrons. The molecular formula is C16H18F3N7O. The van der Waals surface area contributed by atoms with Gasteiger partial charge in [0.2, 0.25) is 0 Å². The Morgan fingerprint density at radius 2 is 1.93 bits per heavy atom. The van der Waals surface area contributed by atoms with Crippen molar-refractivity contribution in [3.8, 4) is 0 Å². The lowest BCUT2D eigenvalue weighted by Crippen LogP contribution is -2.36. The van der Waals surface area contributed by atoms with Crippen LogP contribution in [0.4, 0.5) is 19.0 Å². The zero-order chi connectivity index (χ0) is 19.2. The average molecular weight is 381 g/mol. The highest BCUT2D eigenvalue weighted by atomic mass is 19.4. The van der Waals surface area contributed by atoms with Crippen molar-refractivity contribution in [2.75, 3.05) is 18.0 Å². The molecule has 144 valence electrons. The third-order valence-electron chi connectivity index (χ3n) is 4.94. The van der Waals surface area contributed by atoms with Gasteiger partial charge in [0.05, 0.1) is 0 Å². The first-order valence-electron chi connectivity index (χ1n) is 8.54. The SMILES string of the molecule is Cn1ccnc1C(O)C1CCN(c2ccc3nnc(C(F)(F)F)n3n2)CC1. The number of aromatic nitrogens is 6. The van der Waals surface area contributed by atoms with Crippen LogP contribution < -0.4 is 4.90 Å². The Kier molecular flexibility index (Phi) is 4.25. The molecule has 11 heteroatoms. The average Bonchev–Trinajstić information content (AvgIpc) is 3.26. The number of nitrogens with zero attached hydrogens (tertiary/aromatic N) is 7. The van der Waals surface area contributed by atoms with Crippen molar-refractivity contribution in [2.24, 2.45) is 13.0 Å². The van der Waals surface area contributed by atoms with Crippen molar-refractivity contribution in [3.63, 3.8) is 0 Å². The predicted octanol–water partition coefficient (Wildman–Crippen LogP) is 1.83. The second-order valence-corrected chi connectivity index (χ2v) is 6.65. The Bertz CT molecular complexity index is 943. The summed E-state index contributed by atoms with van der Waals surface area (Å²) in [6.45, 7) is 1.16. The molecule has 0 bridgehead atoms. The molecule has 0 amide bonds. The highest BCUT2D eigenvalue weighted by molar-refractivity contribution is 5.46. The van der Waals surface area contributed by atoms with E-state index in [1.807, 2.05) is 11.9 Å². The Morgan fingerprint density at radius 1 is 1.19 bits per heavy atom. The van der Waals surface area contributed by atoms with E-state index in [1.54, 1.807) is 23.0 Å². The van der Waals surface area contributed by atoms with E-state index >= 15 is 0 Å². The largest absolute Gasteiger partial charge is 0.453 e. The molecule has 1 aliphatic heterocycles. The van der Waals surface area contributed by atoms with Crippen LogP contribution in [0.25, 0.3) is 5.65 Å². The summed E-state index contributed by atoms with van der Waals surface area (Å²) in [6, 6.07) is 3.11. The van der Waals surface area contributed by atoms with Gasteiger partial charge in [-0.3, -0.25) is 0 Å². The molecule has 1 saturated heterocycles. The number of imidazole rings is 1. The lowest BCUT2D eigenvalue weighted by atomic mass is 9.90. The van der Waals surface area contributed by atoms with Crippen LogP contribution in [0, 0.1) is 5.92 Å². The molecule has 1 fully saturated rings. The summed E-state index contributed by atoms with van der Waals surface area (Å²) in [5.41, 5.74) is 0.0474. The minimum absolute atomic E-state index is 0.0340. The van der Waals surface area contributed by atoms with Crippen LogP contribution in [-0.4, -0.2) is 47.6 Å². The summed E-state index contributed by atoms with van der Waals surface area (Å²) in [4.78, 5) is 6.10. The van der Waals surface area contributed by atoms with E-state index in [4.69, 9.17) is 0 Å². The fraction of sp³-hybridized carbons (Fsp3) is 0.500. The van der Waals surface area contributed by atoms with Gasteiger partial charge < -0.3 is 14.6 Å². The molecule has 27 heavy (non-hydrogen) atoms. The monoisotopic (exact) mass is 381 g/mol. The number of halogens is 3. The molecule has 0 spiro atoms. The molecule has 1 aliphatic rings. The number of piperidine rings is 1. The maximum atomic E-state index is 13.0. The molecule has 1 N–H and O–H groups in total. The van der Waals surface area contributed by atoms with Crippen LogP contribution in [-0.2, 0) is 13.2 Å². The predicted molar refractivity (Wildman–Crippen MR) is 88.9 cm³/mol. The van der Waals surface area contributed by atoms with Crippen LogP contribution >= 0.6 is 0 Å². The minimum atomic E-state index is -4.62. The first-order valence-corrected chi connectivity index (χ1v) is 8.54. The molecule has 8 nitrogen and oxygen atoms in total. The van der Waals surface area contributed by atoms with Crippen LogP contribution in [0.15, 0.2) is 24.5 Å². The fourth-order valence-electron chi connectivity index (χ4n) is 3.44. The number of rotatable bonds is 3. The lowest BCUT2D eigenvalue weighted by molar-refractivity contribution is -0.146. The third-order valence-corrected chi connectivity index (χ3v) is 4.94. The molecule has 4 rings (SSSR count). The zero-order valence-corrected chi connectivity index (χ0v) is 14.5. The number of alkyl halides is 3. The molecule has 4 heterocycles. The molecule has 0 aromatic carbocycles. The van der Waals surface area contributed by atoms with Gasteiger partial charge in [0.15, 0.2) is 5.65 Å². The maximum absolute atomic E-state index is 13.0. The molecule has 3 aromatic heterocycles. The summed E-state index contributed by atoms with van der Waals surface area (Å²) in [5.74, 6) is -0.0591. The molecule has 0 aliphatic carbocycles. The van der Waals surface area contributed by atoms with Crippen molar-refractivity contribution in [2.45, 2.75) is 25.1 Å². The van der Waals surface area contributed by atoms with Gasteiger partial charge in [-0.15, -0.1) is 15.3 Å². The first kappa shape index (κ1) is 17.7. The quantitative estimate of drug-likeness (QED) is 0.745. The van der Waals surface area contributed by atoms with E-state index in [0.717, 1.165) is 4.52 Å². The van der Waals surface area contributed by atoms with Gasteiger partial charge >= 0.3 is 6.18 Å². The standard InChI is InChI=1S/C16H18F3N7O/c1-24-9-6-20-14(24)13(27)10-4-7-25(8-5-10)12-3-2-11-21-22-15(16(17,18)19)26(11)23-12/h2-3,6,9-10,13,27H,4-5,7-8H2,1H3. The first-order chi connectivity index (χ1) is 12.8.